The number of anilines is 1. The van der Waals surface area contributed by atoms with E-state index in [0.29, 0.717) is 5.02 Å². The van der Waals surface area contributed by atoms with Gasteiger partial charge in [-0.05, 0) is 25.2 Å². The number of hydrogen-bond acceptors (Lipinski definition) is 2. The van der Waals surface area contributed by atoms with Crippen molar-refractivity contribution in [3.05, 3.63) is 29.0 Å². The van der Waals surface area contributed by atoms with Gasteiger partial charge >= 0.3 is 0 Å². The van der Waals surface area contributed by atoms with Gasteiger partial charge < -0.3 is 10.2 Å². The first-order chi connectivity index (χ1) is 6.65. The molecular formula is C10H14ClFN2. The maximum Gasteiger partial charge on any atom is 0.125 e. The van der Waals surface area contributed by atoms with E-state index in [0.717, 1.165) is 18.8 Å². The monoisotopic (exact) mass is 216 g/mol. The first kappa shape index (κ1) is 11.3. The standard InChI is InChI=1S/C10H14ClFN2/c1-13-5-6-14(2)10-7-8(12)3-4-9(10)11/h3-4,7,13H,5-6H2,1-2H3. The van der Waals surface area contributed by atoms with Gasteiger partial charge in [0.05, 0.1) is 10.7 Å². The van der Waals surface area contributed by atoms with Crippen LogP contribution >= 0.6 is 11.6 Å². The fourth-order valence-corrected chi connectivity index (χ4v) is 1.44. The van der Waals surface area contributed by atoms with E-state index in [2.05, 4.69) is 5.32 Å². The van der Waals surface area contributed by atoms with Crippen LogP contribution in [0.25, 0.3) is 0 Å². The molecule has 1 rings (SSSR count). The molecule has 0 aliphatic carbocycles. The average molecular weight is 217 g/mol. The summed E-state index contributed by atoms with van der Waals surface area (Å²) in [5.41, 5.74) is 0.724. The molecule has 14 heavy (non-hydrogen) atoms. The van der Waals surface area contributed by atoms with Crippen LogP contribution in [0.4, 0.5) is 10.1 Å². The van der Waals surface area contributed by atoms with Crippen molar-refractivity contribution < 1.29 is 4.39 Å². The smallest absolute Gasteiger partial charge is 0.125 e. The molecule has 1 aromatic carbocycles. The molecule has 0 saturated heterocycles. The van der Waals surface area contributed by atoms with E-state index in [9.17, 15) is 4.39 Å². The van der Waals surface area contributed by atoms with Crippen LogP contribution in [0.15, 0.2) is 18.2 Å². The molecule has 0 amide bonds. The number of rotatable bonds is 4. The molecule has 0 atom stereocenters. The molecule has 0 bridgehead atoms. The molecule has 0 aromatic heterocycles. The molecule has 0 fully saturated rings. The highest BCUT2D eigenvalue weighted by Gasteiger charge is 2.06. The van der Waals surface area contributed by atoms with Crippen LogP contribution in [0.2, 0.25) is 5.02 Å². The minimum absolute atomic E-state index is 0.263. The van der Waals surface area contributed by atoms with Gasteiger partial charge in [-0.1, -0.05) is 11.6 Å². The lowest BCUT2D eigenvalue weighted by Gasteiger charge is -2.20. The van der Waals surface area contributed by atoms with E-state index in [-0.39, 0.29) is 5.82 Å². The zero-order chi connectivity index (χ0) is 10.6. The van der Waals surface area contributed by atoms with Crippen molar-refractivity contribution in [2.24, 2.45) is 0 Å². The summed E-state index contributed by atoms with van der Waals surface area (Å²) in [7, 11) is 3.76. The molecule has 0 radical (unpaired) electrons. The highest BCUT2D eigenvalue weighted by atomic mass is 35.5. The second-order valence-corrected chi connectivity index (χ2v) is 3.53. The zero-order valence-electron chi connectivity index (χ0n) is 8.35. The average Bonchev–Trinajstić information content (AvgIpc) is 2.18. The van der Waals surface area contributed by atoms with Gasteiger partial charge in [-0.15, -0.1) is 0 Å². The third-order valence-electron chi connectivity index (χ3n) is 2.02. The van der Waals surface area contributed by atoms with Crippen molar-refractivity contribution in [1.29, 1.82) is 0 Å². The first-order valence-corrected chi connectivity index (χ1v) is 4.83. The Morgan fingerprint density at radius 2 is 2.21 bits per heavy atom. The number of benzene rings is 1. The van der Waals surface area contributed by atoms with E-state index in [4.69, 9.17) is 11.6 Å². The molecule has 0 aliphatic rings. The van der Waals surface area contributed by atoms with Crippen molar-refractivity contribution >= 4 is 17.3 Å². The summed E-state index contributed by atoms with van der Waals surface area (Å²) in [5.74, 6) is -0.263. The molecule has 0 aliphatic heterocycles. The SMILES string of the molecule is CNCCN(C)c1cc(F)ccc1Cl. The summed E-state index contributed by atoms with van der Waals surface area (Å²) in [6, 6.07) is 4.37. The zero-order valence-corrected chi connectivity index (χ0v) is 9.11. The fraction of sp³-hybridized carbons (Fsp3) is 0.400. The van der Waals surface area contributed by atoms with Crippen molar-refractivity contribution in [2.75, 3.05) is 32.1 Å². The number of nitrogens with one attached hydrogen (secondary N) is 1. The van der Waals surface area contributed by atoms with Gasteiger partial charge in [-0.3, -0.25) is 0 Å². The van der Waals surface area contributed by atoms with Crippen LogP contribution in [-0.2, 0) is 0 Å². The maximum absolute atomic E-state index is 12.9. The molecule has 78 valence electrons. The van der Waals surface area contributed by atoms with E-state index in [1.165, 1.54) is 12.1 Å². The second kappa shape index (κ2) is 5.17. The maximum atomic E-state index is 12.9. The number of hydrogen-bond donors (Lipinski definition) is 1. The lowest BCUT2D eigenvalue weighted by Crippen LogP contribution is -2.27. The molecule has 0 heterocycles. The van der Waals surface area contributed by atoms with Gasteiger partial charge in [0, 0.05) is 20.1 Å². The predicted molar refractivity (Wildman–Crippen MR) is 58.6 cm³/mol. The third kappa shape index (κ3) is 2.86. The first-order valence-electron chi connectivity index (χ1n) is 4.46. The van der Waals surface area contributed by atoms with Crippen molar-refractivity contribution in [1.82, 2.24) is 5.32 Å². The van der Waals surface area contributed by atoms with Crippen molar-refractivity contribution in [3.8, 4) is 0 Å². The van der Waals surface area contributed by atoms with E-state index < -0.39 is 0 Å². The predicted octanol–water partition coefficient (Wildman–Crippen LogP) is 2.13. The van der Waals surface area contributed by atoms with Gasteiger partial charge in [0.2, 0.25) is 0 Å². The Labute approximate surface area is 88.7 Å². The highest BCUT2D eigenvalue weighted by Crippen LogP contribution is 2.25. The summed E-state index contributed by atoms with van der Waals surface area (Å²) >= 11 is 5.94. The second-order valence-electron chi connectivity index (χ2n) is 3.12. The topological polar surface area (TPSA) is 15.3 Å². The van der Waals surface area contributed by atoms with Gasteiger partial charge in [0.15, 0.2) is 0 Å². The molecule has 1 N–H and O–H groups in total. The Bertz CT molecular complexity index is 304. The number of likely N-dealkylation sites (N-methyl/N-ethyl adjacent to an activating group) is 2. The fourth-order valence-electron chi connectivity index (χ4n) is 1.18. The number of nitrogens with zero attached hydrogens (tertiary/aromatic N) is 1. The minimum Gasteiger partial charge on any atom is -0.372 e. The number of halogens is 2. The summed E-state index contributed by atoms with van der Waals surface area (Å²) in [6.07, 6.45) is 0. The molecule has 4 heteroatoms. The van der Waals surface area contributed by atoms with Crippen LogP contribution in [0.3, 0.4) is 0 Å². The van der Waals surface area contributed by atoms with E-state index in [1.54, 1.807) is 6.07 Å². The van der Waals surface area contributed by atoms with Gasteiger partial charge in [0.25, 0.3) is 0 Å². The Morgan fingerprint density at radius 3 is 2.86 bits per heavy atom. The Kier molecular flexibility index (Phi) is 4.17. The molecular weight excluding hydrogens is 203 g/mol. The largest absolute Gasteiger partial charge is 0.372 e. The van der Waals surface area contributed by atoms with Crippen LogP contribution in [0.1, 0.15) is 0 Å². The molecule has 1 aromatic rings. The molecule has 2 nitrogen and oxygen atoms in total. The van der Waals surface area contributed by atoms with Gasteiger partial charge in [-0.2, -0.15) is 0 Å². The van der Waals surface area contributed by atoms with Crippen LogP contribution in [0.5, 0.6) is 0 Å². The van der Waals surface area contributed by atoms with Crippen molar-refractivity contribution in [3.63, 3.8) is 0 Å². The quantitative estimate of drug-likeness (QED) is 0.830. The van der Waals surface area contributed by atoms with Crippen LogP contribution in [-0.4, -0.2) is 27.2 Å². The van der Waals surface area contributed by atoms with Gasteiger partial charge in [-0.25, -0.2) is 4.39 Å². The lowest BCUT2D eigenvalue weighted by molar-refractivity contribution is 0.627. The molecule has 0 unspecified atom stereocenters. The van der Waals surface area contributed by atoms with Crippen LogP contribution < -0.4 is 10.2 Å². The molecule has 0 spiro atoms. The summed E-state index contributed by atoms with van der Waals surface area (Å²) in [5, 5.41) is 3.60. The summed E-state index contributed by atoms with van der Waals surface area (Å²) < 4.78 is 12.9. The van der Waals surface area contributed by atoms with E-state index >= 15 is 0 Å². The summed E-state index contributed by atoms with van der Waals surface area (Å²) in [6.45, 7) is 1.63. The lowest BCUT2D eigenvalue weighted by atomic mass is 10.3. The Hall–Kier alpha value is -0.800. The normalized spacial score (nSPS) is 10.3. The minimum atomic E-state index is -0.263. The highest BCUT2D eigenvalue weighted by molar-refractivity contribution is 6.33. The van der Waals surface area contributed by atoms with E-state index in [1.807, 2.05) is 19.0 Å². The molecule has 0 saturated carbocycles. The third-order valence-corrected chi connectivity index (χ3v) is 2.34. The van der Waals surface area contributed by atoms with Gasteiger partial charge in [0.1, 0.15) is 5.82 Å². The Balaban J connectivity index is 2.77. The van der Waals surface area contributed by atoms with Crippen molar-refractivity contribution in [2.45, 2.75) is 0 Å². The summed E-state index contributed by atoms with van der Waals surface area (Å²) in [4.78, 5) is 1.92. The Morgan fingerprint density at radius 1 is 1.50 bits per heavy atom. The van der Waals surface area contributed by atoms with Crippen LogP contribution in [0, 0.1) is 5.82 Å².